The van der Waals surface area contributed by atoms with Crippen LogP contribution in [0.15, 0.2) is 22.8 Å². The van der Waals surface area contributed by atoms with Gasteiger partial charge in [-0.05, 0) is 44.4 Å². The Hall–Kier alpha value is -3.03. The number of methoxy groups -OCH3 is 1. The highest BCUT2D eigenvalue weighted by atomic mass is 16.5. The van der Waals surface area contributed by atoms with Gasteiger partial charge in [-0.1, -0.05) is 0 Å². The molecule has 0 aliphatic carbocycles. The maximum absolute atomic E-state index is 13.0. The first kappa shape index (κ1) is 20.7. The van der Waals surface area contributed by atoms with E-state index in [-0.39, 0.29) is 17.7 Å². The highest BCUT2D eigenvalue weighted by Gasteiger charge is 2.31. The number of hydrogen-bond donors (Lipinski definition) is 2. The molecule has 8 nitrogen and oxygen atoms in total. The van der Waals surface area contributed by atoms with Crippen LogP contribution in [0.2, 0.25) is 0 Å². The number of rotatable bonds is 6. The van der Waals surface area contributed by atoms with Gasteiger partial charge in [0, 0.05) is 31.7 Å². The molecular weight excluding hydrogens is 374 g/mol. The van der Waals surface area contributed by atoms with E-state index in [1.54, 1.807) is 25.0 Å². The van der Waals surface area contributed by atoms with Gasteiger partial charge in [-0.3, -0.25) is 9.59 Å². The molecule has 2 amide bonds. The maximum Gasteiger partial charge on any atom is 0.339 e. The van der Waals surface area contributed by atoms with E-state index in [1.165, 1.54) is 7.11 Å². The monoisotopic (exact) mass is 401 g/mol. The zero-order valence-electron chi connectivity index (χ0n) is 17.0. The van der Waals surface area contributed by atoms with Gasteiger partial charge in [0.25, 0.3) is 5.91 Å². The van der Waals surface area contributed by atoms with Crippen molar-refractivity contribution in [3.63, 3.8) is 0 Å². The molecule has 2 aromatic rings. The smallest absolute Gasteiger partial charge is 0.339 e. The molecule has 0 aromatic carbocycles. The second-order valence-electron chi connectivity index (χ2n) is 7.33. The highest BCUT2D eigenvalue weighted by Crippen LogP contribution is 2.23. The summed E-state index contributed by atoms with van der Waals surface area (Å²) in [5.41, 5.74) is 1.94. The van der Waals surface area contributed by atoms with E-state index in [0.717, 1.165) is 18.6 Å². The van der Waals surface area contributed by atoms with Crippen LogP contribution in [-0.2, 0) is 16.0 Å². The van der Waals surface area contributed by atoms with Crippen molar-refractivity contribution in [2.75, 3.05) is 26.7 Å². The van der Waals surface area contributed by atoms with Crippen LogP contribution in [0.5, 0.6) is 0 Å². The summed E-state index contributed by atoms with van der Waals surface area (Å²) in [5, 5.41) is 2.93. The molecule has 3 heterocycles. The van der Waals surface area contributed by atoms with E-state index in [4.69, 9.17) is 9.15 Å². The number of aromatic amines is 1. The topological polar surface area (TPSA) is 105 Å². The molecule has 1 saturated heterocycles. The van der Waals surface area contributed by atoms with E-state index in [2.05, 4.69) is 10.3 Å². The number of aromatic nitrogens is 1. The van der Waals surface area contributed by atoms with E-state index in [9.17, 15) is 14.4 Å². The number of furan rings is 1. The normalized spacial score (nSPS) is 16.5. The lowest BCUT2D eigenvalue weighted by Crippen LogP contribution is -2.46. The predicted octanol–water partition coefficient (Wildman–Crippen LogP) is 2.22. The number of ether oxygens (including phenoxy) is 1. The van der Waals surface area contributed by atoms with Crippen molar-refractivity contribution in [2.45, 2.75) is 33.1 Å². The largest absolute Gasteiger partial charge is 0.469 e. The van der Waals surface area contributed by atoms with Gasteiger partial charge in [0.05, 0.1) is 24.9 Å². The van der Waals surface area contributed by atoms with E-state index < -0.39 is 5.97 Å². The molecule has 0 spiro atoms. The molecule has 1 atom stereocenters. The van der Waals surface area contributed by atoms with E-state index in [1.807, 2.05) is 12.1 Å². The number of amides is 2. The number of piperidine rings is 1. The molecule has 1 unspecified atom stereocenters. The van der Waals surface area contributed by atoms with Crippen LogP contribution in [0.4, 0.5) is 0 Å². The van der Waals surface area contributed by atoms with Gasteiger partial charge in [0.2, 0.25) is 5.91 Å². The molecule has 1 aliphatic rings. The predicted molar refractivity (Wildman–Crippen MR) is 106 cm³/mol. The Labute approximate surface area is 169 Å². The first-order valence-corrected chi connectivity index (χ1v) is 9.79. The van der Waals surface area contributed by atoms with E-state index >= 15 is 0 Å². The first-order valence-electron chi connectivity index (χ1n) is 9.79. The lowest BCUT2D eigenvalue weighted by atomic mass is 9.96. The number of nitrogens with zero attached hydrogens (tertiary/aromatic N) is 1. The molecule has 0 radical (unpaired) electrons. The van der Waals surface area contributed by atoms with Crippen molar-refractivity contribution in [1.82, 2.24) is 15.2 Å². The summed E-state index contributed by atoms with van der Waals surface area (Å²) in [7, 11) is 1.31. The van der Waals surface area contributed by atoms with Crippen molar-refractivity contribution in [3.8, 4) is 0 Å². The van der Waals surface area contributed by atoms with Gasteiger partial charge in [-0.2, -0.15) is 0 Å². The van der Waals surface area contributed by atoms with Gasteiger partial charge in [-0.15, -0.1) is 0 Å². The number of H-pyrrole nitrogens is 1. The van der Waals surface area contributed by atoms with Gasteiger partial charge >= 0.3 is 5.97 Å². The highest BCUT2D eigenvalue weighted by molar-refractivity contribution is 6.00. The zero-order valence-corrected chi connectivity index (χ0v) is 17.0. The minimum absolute atomic E-state index is 0.0521. The minimum atomic E-state index is -0.470. The van der Waals surface area contributed by atoms with Crippen LogP contribution in [0.1, 0.15) is 50.7 Å². The lowest BCUT2D eigenvalue weighted by molar-refractivity contribution is -0.126. The molecule has 29 heavy (non-hydrogen) atoms. The summed E-state index contributed by atoms with van der Waals surface area (Å²) in [5.74, 6) is -0.147. The summed E-state index contributed by atoms with van der Waals surface area (Å²) in [4.78, 5) is 42.2. The third-order valence-electron chi connectivity index (χ3n) is 5.37. The Morgan fingerprint density at radius 3 is 2.83 bits per heavy atom. The fraction of sp³-hybridized carbons (Fsp3) is 0.476. The van der Waals surface area contributed by atoms with Crippen LogP contribution in [0, 0.1) is 19.8 Å². The number of carbonyl (C=O) groups excluding carboxylic acids is 3. The van der Waals surface area contributed by atoms with Gasteiger partial charge in [0.15, 0.2) is 0 Å². The molecule has 3 rings (SSSR count). The first-order chi connectivity index (χ1) is 13.9. The van der Waals surface area contributed by atoms with Gasteiger partial charge in [0.1, 0.15) is 11.5 Å². The summed E-state index contributed by atoms with van der Waals surface area (Å²) < 4.78 is 10.1. The van der Waals surface area contributed by atoms with Crippen molar-refractivity contribution in [3.05, 3.63) is 46.7 Å². The Balaban J connectivity index is 1.62. The fourth-order valence-corrected chi connectivity index (χ4v) is 3.81. The van der Waals surface area contributed by atoms with Crippen LogP contribution in [0.3, 0.4) is 0 Å². The maximum atomic E-state index is 13.0. The molecule has 1 aliphatic heterocycles. The third kappa shape index (κ3) is 4.52. The molecule has 156 valence electrons. The number of nitrogens with one attached hydrogen (secondary N) is 2. The Bertz CT molecular complexity index is 885. The average molecular weight is 401 g/mol. The van der Waals surface area contributed by atoms with E-state index in [0.29, 0.717) is 48.6 Å². The lowest BCUT2D eigenvalue weighted by Gasteiger charge is -2.32. The molecule has 1 fully saturated rings. The standard InChI is InChI=1S/C21H27N3O5/c1-13-17(21(27)28-3)14(2)23-18(13)20(26)24-10-4-6-15(12-24)19(25)22-9-8-16-7-5-11-29-16/h5,7,11,15,23H,4,6,8-10,12H2,1-3H3,(H,22,25). The van der Waals surface area contributed by atoms with Crippen LogP contribution in [0.25, 0.3) is 0 Å². The number of esters is 1. The number of hydrogen-bond acceptors (Lipinski definition) is 5. The molecule has 0 bridgehead atoms. The summed E-state index contributed by atoms with van der Waals surface area (Å²) in [6.45, 7) is 4.90. The minimum Gasteiger partial charge on any atom is -0.469 e. The van der Waals surface area contributed by atoms with Gasteiger partial charge in [-0.25, -0.2) is 4.79 Å². The number of carbonyl (C=O) groups is 3. The Morgan fingerprint density at radius 2 is 2.14 bits per heavy atom. The third-order valence-corrected chi connectivity index (χ3v) is 5.37. The fourth-order valence-electron chi connectivity index (χ4n) is 3.81. The summed E-state index contributed by atoms with van der Waals surface area (Å²) >= 11 is 0. The number of likely N-dealkylation sites (tertiary alicyclic amines) is 1. The Kier molecular flexibility index (Phi) is 6.41. The van der Waals surface area contributed by atoms with Crippen LogP contribution in [-0.4, -0.2) is 54.4 Å². The van der Waals surface area contributed by atoms with Crippen LogP contribution >= 0.6 is 0 Å². The summed E-state index contributed by atoms with van der Waals surface area (Å²) in [6.07, 6.45) is 3.74. The SMILES string of the molecule is COC(=O)c1c(C)[nH]c(C(=O)N2CCCC(C(=O)NCCc3ccco3)C2)c1C. The second-order valence-corrected chi connectivity index (χ2v) is 7.33. The molecule has 8 heteroatoms. The second kappa shape index (κ2) is 8.98. The van der Waals surface area contributed by atoms with Crippen molar-refractivity contribution >= 4 is 17.8 Å². The number of aryl methyl sites for hydroxylation is 1. The molecular formula is C21H27N3O5. The Morgan fingerprint density at radius 1 is 1.34 bits per heavy atom. The van der Waals surface area contributed by atoms with Crippen molar-refractivity contribution < 1.29 is 23.5 Å². The van der Waals surface area contributed by atoms with Gasteiger partial charge < -0.3 is 24.4 Å². The van der Waals surface area contributed by atoms with Crippen molar-refractivity contribution in [2.24, 2.45) is 5.92 Å². The van der Waals surface area contributed by atoms with Crippen molar-refractivity contribution in [1.29, 1.82) is 0 Å². The summed E-state index contributed by atoms with van der Waals surface area (Å²) in [6, 6.07) is 3.69. The molecule has 0 saturated carbocycles. The zero-order chi connectivity index (χ0) is 21.0. The molecule has 2 N–H and O–H groups in total. The average Bonchev–Trinajstić information content (AvgIpc) is 3.34. The quantitative estimate of drug-likeness (QED) is 0.722. The molecule has 2 aromatic heterocycles. The van der Waals surface area contributed by atoms with Crippen LogP contribution < -0.4 is 5.32 Å².